The normalized spacial score (nSPS) is 17.2. The van der Waals surface area contributed by atoms with E-state index in [1.807, 2.05) is 0 Å². The lowest BCUT2D eigenvalue weighted by molar-refractivity contribution is 0.412. The lowest BCUT2D eigenvalue weighted by atomic mass is 10.0. The van der Waals surface area contributed by atoms with E-state index in [0.717, 1.165) is 19.3 Å². The Morgan fingerprint density at radius 1 is 1.50 bits per heavy atom. The van der Waals surface area contributed by atoms with Crippen LogP contribution in [0.15, 0.2) is 12.1 Å². The molecule has 88 valence electrons. The second kappa shape index (κ2) is 4.22. The highest BCUT2D eigenvalue weighted by Crippen LogP contribution is 2.37. The fourth-order valence-electron chi connectivity index (χ4n) is 1.71. The molecule has 2 N–H and O–H groups in total. The van der Waals surface area contributed by atoms with Gasteiger partial charge in [0.15, 0.2) is 0 Å². The molecule has 1 aliphatic rings. The molecule has 0 unspecified atom stereocenters. The smallest absolute Gasteiger partial charge is 0.137 e. The molecule has 0 heterocycles. The summed E-state index contributed by atoms with van der Waals surface area (Å²) in [6.45, 7) is 0. The van der Waals surface area contributed by atoms with Crippen LogP contribution in [0, 0.1) is 5.82 Å². The molecule has 0 bridgehead atoms. The van der Waals surface area contributed by atoms with Crippen LogP contribution >= 0.6 is 11.6 Å². The minimum Gasteiger partial charge on any atom is -0.495 e. The highest BCUT2D eigenvalue weighted by molar-refractivity contribution is 6.32. The molecule has 0 atom stereocenters. The summed E-state index contributed by atoms with van der Waals surface area (Å²) in [6.07, 6.45) is 3.53. The molecule has 0 radical (unpaired) electrons. The van der Waals surface area contributed by atoms with Gasteiger partial charge >= 0.3 is 0 Å². The summed E-state index contributed by atoms with van der Waals surface area (Å²) in [6, 6.07) is 2.95. The zero-order chi connectivity index (χ0) is 11.8. The molecule has 1 saturated carbocycles. The van der Waals surface area contributed by atoms with Crippen LogP contribution in [0.5, 0.6) is 5.75 Å². The molecule has 0 amide bonds. The highest BCUT2D eigenvalue weighted by Gasteiger charge is 2.37. The Morgan fingerprint density at radius 2 is 2.19 bits per heavy atom. The third kappa shape index (κ3) is 2.47. The van der Waals surface area contributed by atoms with Crippen LogP contribution in [0.2, 0.25) is 5.02 Å². The van der Waals surface area contributed by atoms with E-state index < -0.39 is 0 Å². The molecule has 0 aromatic heterocycles. The second-order valence-corrected chi connectivity index (χ2v) is 4.85. The summed E-state index contributed by atoms with van der Waals surface area (Å²) in [5.41, 5.74) is 6.53. The third-order valence-electron chi connectivity index (χ3n) is 3.11. The van der Waals surface area contributed by atoms with Gasteiger partial charge in [0.25, 0.3) is 0 Å². The Kier molecular flexibility index (Phi) is 3.08. The molecule has 1 aromatic carbocycles. The Bertz CT molecular complexity index is 404. The molecule has 0 saturated heterocycles. The number of hydrogen-bond acceptors (Lipinski definition) is 2. The zero-order valence-corrected chi connectivity index (χ0v) is 9.98. The molecular formula is C12H15ClFNO. The van der Waals surface area contributed by atoms with Gasteiger partial charge in [0.05, 0.1) is 12.1 Å². The van der Waals surface area contributed by atoms with E-state index in [0.29, 0.717) is 22.8 Å². The van der Waals surface area contributed by atoms with E-state index >= 15 is 0 Å². The summed E-state index contributed by atoms with van der Waals surface area (Å²) in [4.78, 5) is 0. The first kappa shape index (κ1) is 11.7. The fraction of sp³-hybridized carbons (Fsp3) is 0.500. The van der Waals surface area contributed by atoms with Crippen LogP contribution in [-0.2, 0) is 6.42 Å². The Labute approximate surface area is 99.5 Å². The van der Waals surface area contributed by atoms with Crippen molar-refractivity contribution < 1.29 is 9.13 Å². The standard InChI is InChI=1S/C12H15ClFNO/c1-16-11-6-8(10(14)7-9(11)13)2-3-12(15)4-5-12/h6-7H,2-5,15H2,1H3. The van der Waals surface area contributed by atoms with E-state index in [2.05, 4.69) is 0 Å². The van der Waals surface area contributed by atoms with Crippen molar-refractivity contribution in [2.45, 2.75) is 31.2 Å². The highest BCUT2D eigenvalue weighted by atomic mass is 35.5. The predicted octanol–water partition coefficient (Wildman–Crippen LogP) is 2.91. The fourth-order valence-corrected chi connectivity index (χ4v) is 1.94. The molecule has 4 heteroatoms. The molecule has 2 nitrogen and oxygen atoms in total. The van der Waals surface area contributed by atoms with Gasteiger partial charge in [-0.2, -0.15) is 0 Å². The zero-order valence-electron chi connectivity index (χ0n) is 9.22. The number of methoxy groups -OCH3 is 1. The topological polar surface area (TPSA) is 35.2 Å². The van der Waals surface area contributed by atoms with Gasteiger partial charge in [-0.25, -0.2) is 4.39 Å². The van der Waals surface area contributed by atoms with Crippen molar-refractivity contribution in [1.82, 2.24) is 0 Å². The molecular weight excluding hydrogens is 229 g/mol. The van der Waals surface area contributed by atoms with Crippen LogP contribution in [0.25, 0.3) is 0 Å². The monoisotopic (exact) mass is 243 g/mol. The third-order valence-corrected chi connectivity index (χ3v) is 3.40. The Hall–Kier alpha value is -0.800. The number of hydrogen-bond donors (Lipinski definition) is 1. The molecule has 1 aliphatic carbocycles. The van der Waals surface area contributed by atoms with Gasteiger partial charge in [0, 0.05) is 5.54 Å². The molecule has 16 heavy (non-hydrogen) atoms. The number of ether oxygens (including phenoxy) is 1. The van der Waals surface area contributed by atoms with Crippen LogP contribution in [0.3, 0.4) is 0 Å². The van der Waals surface area contributed by atoms with E-state index in [9.17, 15) is 4.39 Å². The SMILES string of the molecule is COc1cc(CCC2(N)CC2)c(F)cc1Cl. The number of rotatable bonds is 4. The van der Waals surface area contributed by atoms with E-state index in [1.54, 1.807) is 6.07 Å². The van der Waals surface area contributed by atoms with Crippen LogP contribution in [-0.4, -0.2) is 12.6 Å². The average Bonchev–Trinajstić information content (AvgIpc) is 2.96. The lowest BCUT2D eigenvalue weighted by Gasteiger charge is -2.11. The molecule has 1 aromatic rings. The van der Waals surface area contributed by atoms with E-state index in [-0.39, 0.29) is 11.4 Å². The maximum atomic E-state index is 13.6. The van der Waals surface area contributed by atoms with Gasteiger partial charge in [-0.3, -0.25) is 0 Å². The van der Waals surface area contributed by atoms with Crippen LogP contribution in [0.1, 0.15) is 24.8 Å². The minimum absolute atomic E-state index is 0.0562. The van der Waals surface area contributed by atoms with Crippen molar-refractivity contribution >= 4 is 11.6 Å². The average molecular weight is 244 g/mol. The van der Waals surface area contributed by atoms with Gasteiger partial charge < -0.3 is 10.5 Å². The molecule has 1 fully saturated rings. The van der Waals surface area contributed by atoms with Crippen molar-refractivity contribution in [1.29, 1.82) is 0 Å². The Balaban J connectivity index is 2.13. The maximum Gasteiger partial charge on any atom is 0.137 e. The molecule has 0 aliphatic heterocycles. The van der Waals surface area contributed by atoms with Crippen molar-refractivity contribution in [3.63, 3.8) is 0 Å². The first-order chi connectivity index (χ1) is 7.54. The van der Waals surface area contributed by atoms with E-state index in [4.69, 9.17) is 22.1 Å². The largest absolute Gasteiger partial charge is 0.495 e. The quantitative estimate of drug-likeness (QED) is 0.883. The summed E-state index contributed by atoms with van der Waals surface area (Å²) < 4.78 is 18.6. The predicted molar refractivity (Wildman–Crippen MR) is 62.4 cm³/mol. The lowest BCUT2D eigenvalue weighted by Crippen LogP contribution is -2.22. The minimum atomic E-state index is -0.282. The summed E-state index contributed by atoms with van der Waals surface area (Å²) in [7, 11) is 1.52. The number of aryl methyl sites for hydroxylation is 1. The Morgan fingerprint density at radius 3 is 2.75 bits per heavy atom. The summed E-state index contributed by atoms with van der Waals surface area (Å²) in [5.74, 6) is 0.231. The van der Waals surface area contributed by atoms with Gasteiger partial charge in [-0.05, 0) is 43.4 Å². The number of halogens is 2. The van der Waals surface area contributed by atoms with Crippen molar-refractivity contribution in [2.24, 2.45) is 5.73 Å². The van der Waals surface area contributed by atoms with Crippen molar-refractivity contribution in [3.8, 4) is 5.75 Å². The first-order valence-corrected chi connectivity index (χ1v) is 5.73. The van der Waals surface area contributed by atoms with Gasteiger partial charge in [0.2, 0.25) is 0 Å². The van der Waals surface area contributed by atoms with E-state index in [1.165, 1.54) is 13.2 Å². The van der Waals surface area contributed by atoms with Gasteiger partial charge in [0.1, 0.15) is 11.6 Å². The van der Waals surface area contributed by atoms with Crippen molar-refractivity contribution in [3.05, 3.63) is 28.5 Å². The molecule has 2 rings (SSSR count). The summed E-state index contributed by atoms with van der Waals surface area (Å²) in [5, 5.41) is 0.303. The van der Waals surface area contributed by atoms with Crippen LogP contribution in [0.4, 0.5) is 4.39 Å². The van der Waals surface area contributed by atoms with Crippen LogP contribution < -0.4 is 10.5 Å². The van der Waals surface area contributed by atoms with Gasteiger partial charge in [-0.15, -0.1) is 0 Å². The molecule has 0 spiro atoms. The van der Waals surface area contributed by atoms with Crippen molar-refractivity contribution in [2.75, 3.05) is 7.11 Å². The number of nitrogens with two attached hydrogens (primary N) is 1. The number of benzene rings is 1. The second-order valence-electron chi connectivity index (χ2n) is 4.44. The maximum absolute atomic E-state index is 13.6. The summed E-state index contributed by atoms with van der Waals surface area (Å²) >= 11 is 5.81. The first-order valence-electron chi connectivity index (χ1n) is 5.35. The van der Waals surface area contributed by atoms with Gasteiger partial charge in [-0.1, -0.05) is 11.6 Å².